The fraction of sp³-hybridized carbons (Fsp3) is 0.688. The Morgan fingerprint density at radius 1 is 1.27 bits per heavy atom. The van der Waals surface area contributed by atoms with Crippen molar-refractivity contribution in [1.29, 1.82) is 0 Å². The summed E-state index contributed by atoms with van der Waals surface area (Å²) < 4.78 is 5.35. The number of piperazine rings is 1. The average molecular weight is 304 g/mol. The molecule has 2 saturated heterocycles. The summed E-state index contributed by atoms with van der Waals surface area (Å²) in [4.78, 5) is 25.2. The van der Waals surface area contributed by atoms with Gasteiger partial charge in [-0.05, 0) is 26.2 Å². The number of carbonyl (C=O) groups excluding carboxylic acids is 1. The van der Waals surface area contributed by atoms with Gasteiger partial charge in [-0.25, -0.2) is 9.97 Å². The smallest absolute Gasteiger partial charge is 0.223 e. The SMILES string of the molecule is Cc1ncnc(N2CCN(C(=O)C[C@H]3CCOC3)CC2)c1C. The molecule has 120 valence electrons. The third kappa shape index (κ3) is 3.21. The molecule has 2 aliphatic rings. The van der Waals surface area contributed by atoms with Gasteiger partial charge in [-0.15, -0.1) is 0 Å². The summed E-state index contributed by atoms with van der Waals surface area (Å²) in [6.45, 7) is 8.83. The number of ether oxygens (including phenoxy) is 1. The number of hydrogen-bond donors (Lipinski definition) is 0. The Hall–Kier alpha value is -1.69. The van der Waals surface area contributed by atoms with Crippen LogP contribution >= 0.6 is 0 Å². The predicted molar refractivity (Wildman–Crippen MR) is 83.8 cm³/mol. The molecule has 2 aliphatic heterocycles. The summed E-state index contributed by atoms with van der Waals surface area (Å²) in [5.74, 6) is 1.69. The standard InChI is InChI=1S/C16H24N4O2/c1-12-13(2)17-11-18-16(12)20-6-4-19(5-7-20)15(21)9-14-3-8-22-10-14/h11,14H,3-10H2,1-2H3/t14-/m1/s1. The molecule has 0 radical (unpaired) electrons. The first-order chi connectivity index (χ1) is 10.6. The number of aryl methyl sites for hydroxylation is 1. The van der Waals surface area contributed by atoms with E-state index in [2.05, 4.69) is 21.8 Å². The van der Waals surface area contributed by atoms with Gasteiger partial charge in [-0.1, -0.05) is 0 Å². The van der Waals surface area contributed by atoms with Crippen LogP contribution in [-0.2, 0) is 9.53 Å². The van der Waals surface area contributed by atoms with Crippen molar-refractivity contribution in [2.75, 3.05) is 44.3 Å². The van der Waals surface area contributed by atoms with Crippen molar-refractivity contribution in [3.63, 3.8) is 0 Å². The molecule has 1 atom stereocenters. The van der Waals surface area contributed by atoms with Gasteiger partial charge in [-0.3, -0.25) is 4.79 Å². The molecule has 0 unspecified atom stereocenters. The molecule has 6 heteroatoms. The molecule has 1 amide bonds. The molecule has 2 fully saturated rings. The number of aromatic nitrogens is 2. The Labute approximate surface area is 131 Å². The van der Waals surface area contributed by atoms with Gasteiger partial charge in [0.25, 0.3) is 0 Å². The average Bonchev–Trinajstić information content (AvgIpc) is 3.03. The van der Waals surface area contributed by atoms with Crippen molar-refractivity contribution >= 4 is 11.7 Å². The Morgan fingerprint density at radius 2 is 2.05 bits per heavy atom. The van der Waals surface area contributed by atoms with E-state index in [0.29, 0.717) is 12.3 Å². The summed E-state index contributed by atoms with van der Waals surface area (Å²) in [7, 11) is 0. The summed E-state index contributed by atoms with van der Waals surface area (Å²) >= 11 is 0. The van der Waals surface area contributed by atoms with Crippen LogP contribution in [0.3, 0.4) is 0 Å². The molecule has 3 rings (SSSR count). The number of carbonyl (C=O) groups is 1. The highest BCUT2D eigenvalue weighted by atomic mass is 16.5. The third-order valence-electron chi connectivity index (χ3n) is 4.73. The first-order valence-electron chi connectivity index (χ1n) is 8.04. The molecule has 22 heavy (non-hydrogen) atoms. The second kappa shape index (κ2) is 6.60. The molecule has 0 bridgehead atoms. The van der Waals surface area contributed by atoms with E-state index in [-0.39, 0.29) is 5.91 Å². The summed E-state index contributed by atoms with van der Waals surface area (Å²) in [5.41, 5.74) is 2.15. The number of rotatable bonds is 3. The van der Waals surface area contributed by atoms with E-state index in [1.807, 2.05) is 11.8 Å². The minimum absolute atomic E-state index is 0.269. The van der Waals surface area contributed by atoms with E-state index in [1.54, 1.807) is 6.33 Å². The molecule has 0 N–H and O–H groups in total. The van der Waals surface area contributed by atoms with Gasteiger partial charge in [0.15, 0.2) is 0 Å². The Balaban J connectivity index is 1.55. The molecular formula is C16H24N4O2. The molecule has 6 nitrogen and oxygen atoms in total. The van der Waals surface area contributed by atoms with Gasteiger partial charge in [0, 0.05) is 57.1 Å². The monoisotopic (exact) mass is 304 g/mol. The van der Waals surface area contributed by atoms with Crippen molar-refractivity contribution in [3.05, 3.63) is 17.6 Å². The quantitative estimate of drug-likeness (QED) is 0.839. The Bertz CT molecular complexity index is 535. The first-order valence-corrected chi connectivity index (χ1v) is 8.04. The van der Waals surface area contributed by atoms with E-state index in [1.165, 1.54) is 0 Å². The lowest BCUT2D eigenvalue weighted by Gasteiger charge is -2.36. The third-order valence-corrected chi connectivity index (χ3v) is 4.73. The molecular weight excluding hydrogens is 280 g/mol. The zero-order valence-corrected chi connectivity index (χ0v) is 13.4. The van der Waals surface area contributed by atoms with Crippen LogP contribution in [0.1, 0.15) is 24.1 Å². The zero-order chi connectivity index (χ0) is 15.5. The van der Waals surface area contributed by atoms with Crippen molar-refractivity contribution in [2.24, 2.45) is 5.92 Å². The topological polar surface area (TPSA) is 58.6 Å². The number of nitrogens with zero attached hydrogens (tertiary/aromatic N) is 4. The number of anilines is 1. The van der Waals surface area contributed by atoms with E-state index in [0.717, 1.165) is 62.9 Å². The highest BCUT2D eigenvalue weighted by molar-refractivity contribution is 5.76. The van der Waals surface area contributed by atoms with Crippen molar-refractivity contribution < 1.29 is 9.53 Å². The molecule has 0 aromatic carbocycles. The molecule has 0 saturated carbocycles. The van der Waals surface area contributed by atoms with Crippen LogP contribution in [0.2, 0.25) is 0 Å². The van der Waals surface area contributed by atoms with Gasteiger partial charge in [-0.2, -0.15) is 0 Å². The minimum atomic E-state index is 0.269. The van der Waals surface area contributed by atoms with Crippen LogP contribution in [0, 0.1) is 19.8 Å². The van der Waals surface area contributed by atoms with Crippen LogP contribution in [0.4, 0.5) is 5.82 Å². The number of amides is 1. The summed E-state index contributed by atoms with van der Waals surface area (Å²) in [5, 5.41) is 0. The van der Waals surface area contributed by atoms with Gasteiger partial charge in [0.05, 0.1) is 0 Å². The molecule has 3 heterocycles. The van der Waals surface area contributed by atoms with Crippen molar-refractivity contribution in [3.8, 4) is 0 Å². The highest BCUT2D eigenvalue weighted by Crippen LogP contribution is 2.21. The van der Waals surface area contributed by atoms with E-state index < -0.39 is 0 Å². The first kappa shape index (κ1) is 15.2. The van der Waals surface area contributed by atoms with Crippen LogP contribution < -0.4 is 4.90 Å². The second-order valence-corrected chi connectivity index (χ2v) is 6.21. The molecule has 0 aliphatic carbocycles. The normalized spacial score (nSPS) is 22.2. The lowest BCUT2D eigenvalue weighted by Crippen LogP contribution is -2.49. The number of hydrogen-bond acceptors (Lipinski definition) is 5. The fourth-order valence-electron chi connectivity index (χ4n) is 3.13. The summed E-state index contributed by atoms with van der Waals surface area (Å²) in [6.07, 6.45) is 3.27. The maximum atomic E-state index is 12.3. The van der Waals surface area contributed by atoms with Crippen LogP contribution in [0.15, 0.2) is 6.33 Å². The van der Waals surface area contributed by atoms with Crippen molar-refractivity contribution in [1.82, 2.24) is 14.9 Å². The van der Waals surface area contributed by atoms with Gasteiger partial charge >= 0.3 is 0 Å². The maximum absolute atomic E-state index is 12.3. The van der Waals surface area contributed by atoms with Gasteiger partial charge in [0.1, 0.15) is 12.1 Å². The predicted octanol–water partition coefficient (Wildman–Crippen LogP) is 1.17. The lowest BCUT2D eigenvalue weighted by molar-refractivity contribution is -0.132. The van der Waals surface area contributed by atoms with E-state index in [4.69, 9.17) is 4.74 Å². The van der Waals surface area contributed by atoms with Gasteiger partial charge < -0.3 is 14.5 Å². The van der Waals surface area contributed by atoms with Gasteiger partial charge in [0.2, 0.25) is 5.91 Å². The highest BCUT2D eigenvalue weighted by Gasteiger charge is 2.26. The van der Waals surface area contributed by atoms with Crippen LogP contribution in [0.5, 0.6) is 0 Å². The van der Waals surface area contributed by atoms with E-state index >= 15 is 0 Å². The largest absolute Gasteiger partial charge is 0.381 e. The van der Waals surface area contributed by atoms with Crippen molar-refractivity contribution in [2.45, 2.75) is 26.7 Å². The minimum Gasteiger partial charge on any atom is -0.381 e. The Morgan fingerprint density at radius 3 is 2.73 bits per heavy atom. The van der Waals surface area contributed by atoms with Crippen LogP contribution in [0.25, 0.3) is 0 Å². The summed E-state index contributed by atoms with van der Waals surface area (Å²) in [6, 6.07) is 0. The molecule has 1 aromatic heterocycles. The fourth-order valence-corrected chi connectivity index (χ4v) is 3.13. The van der Waals surface area contributed by atoms with Crippen LogP contribution in [-0.4, -0.2) is 60.2 Å². The maximum Gasteiger partial charge on any atom is 0.223 e. The molecule has 1 aromatic rings. The lowest BCUT2D eigenvalue weighted by atomic mass is 10.0. The Kier molecular flexibility index (Phi) is 4.57. The van der Waals surface area contributed by atoms with E-state index in [9.17, 15) is 4.79 Å². The molecule has 0 spiro atoms. The second-order valence-electron chi connectivity index (χ2n) is 6.21. The zero-order valence-electron chi connectivity index (χ0n) is 13.4.